The molecular formula is C24H25BrN2O4. The highest BCUT2D eigenvalue weighted by molar-refractivity contribution is 9.10. The van der Waals surface area contributed by atoms with Crippen molar-refractivity contribution >= 4 is 27.5 Å². The van der Waals surface area contributed by atoms with Crippen LogP contribution in [0.15, 0.2) is 69.6 Å². The third kappa shape index (κ3) is 5.41. The third-order valence-corrected chi connectivity index (χ3v) is 5.76. The number of anilines is 1. The van der Waals surface area contributed by atoms with E-state index in [1.54, 1.807) is 19.2 Å². The minimum Gasteiger partial charge on any atom is -0.497 e. The van der Waals surface area contributed by atoms with Crippen molar-refractivity contribution in [1.82, 2.24) is 4.90 Å². The molecule has 31 heavy (non-hydrogen) atoms. The number of amides is 1. The maximum absolute atomic E-state index is 13.0. The first-order chi connectivity index (χ1) is 15.1. The summed E-state index contributed by atoms with van der Waals surface area (Å²) in [5.41, 5.74) is 1.14. The van der Waals surface area contributed by atoms with Gasteiger partial charge in [-0.05, 0) is 61.0 Å². The molecule has 2 aromatic carbocycles. The molecule has 4 rings (SSSR count). The summed E-state index contributed by atoms with van der Waals surface area (Å²) in [6.45, 7) is 3.30. The third-order valence-electron chi connectivity index (χ3n) is 5.27. The second-order valence-corrected chi connectivity index (χ2v) is 8.26. The van der Waals surface area contributed by atoms with Gasteiger partial charge in [-0.25, -0.2) is 0 Å². The van der Waals surface area contributed by atoms with Gasteiger partial charge in [-0.15, -0.1) is 0 Å². The van der Waals surface area contributed by atoms with Crippen molar-refractivity contribution in [3.63, 3.8) is 0 Å². The Hall–Kier alpha value is -2.93. The minimum atomic E-state index is -0.0784. The Morgan fingerprint density at radius 3 is 2.61 bits per heavy atom. The van der Waals surface area contributed by atoms with Crippen molar-refractivity contribution in [2.75, 3.05) is 38.2 Å². The fourth-order valence-electron chi connectivity index (χ4n) is 3.61. The van der Waals surface area contributed by atoms with Crippen LogP contribution in [-0.4, -0.2) is 44.1 Å². The van der Waals surface area contributed by atoms with Crippen LogP contribution in [0.4, 0.5) is 5.69 Å². The Morgan fingerprint density at radius 2 is 1.84 bits per heavy atom. The zero-order valence-electron chi connectivity index (χ0n) is 17.4. The molecule has 162 valence electrons. The fraction of sp³-hybridized carbons (Fsp3) is 0.292. The van der Waals surface area contributed by atoms with Crippen LogP contribution in [0, 0.1) is 0 Å². The molecule has 0 saturated carbocycles. The number of nitrogens with zero attached hydrogens (tertiary/aromatic N) is 2. The van der Waals surface area contributed by atoms with E-state index in [-0.39, 0.29) is 12.5 Å². The molecule has 0 bridgehead atoms. The zero-order chi connectivity index (χ0) is 21.6. The number of rotatable bonds is 6. The molecule has 0 aliphatic carbocycles. The highest BCUT2D eigenvalue weighted by Crippen LogP contribution is 2.22. The number of ether oxygens (including phenoxy) is 2. The highest BCUT2D eigenvalue weighted by Gasteiger charge is 2.23. The van der Waals surface area contributed by atoms with Gasteiger partial charge in [-0.1, -0.05) is 22.0 Å². The van der Waals surface area contributed by atoms with E-state index in [1.807, 2.05) is 41.3 Å². The maximum atomic E-state index is 13.0. The summed E-state index contributed by atoms with van der Waals surface area (Å²) in [5, 5.41) is 0. The molecule has 0 unspecified atom stereocenters. The maximum Gasteiger partial charge on any atom is 0.289 e. The second kappa shape index (κ2) is 9.92. The Bertz CT molecular complexity index is 1020. The predicted molar refractivity (Wildman–Crippen MR) is 123 cm³/mol. The second-order valence-electron chi connectivity index (χ2n) is 7.34. The molecule has 0 spiro atoms. The van der Waals surface area contributed by atoms with E-state index in [4.69, 9.17) is 13.9 Å². The van der Waals surface area contributed by atoms with Crippen molar-refractivity contribution in [3.05, 3.63) is 76.7 Å². The van der Waals surface area contributed by atoms with Crippen LogP contribution in [0.2, 0.25) is 0 Å². The van der Waals surface area contributed by atoms with Gasteiger partial charge in [0.1, 0.15) is 23.9 Å². The smallest absolute Gasteiger partial charge is 0.289 e. The molecule has 1 saturated heterocycles. The topological polar surface area (TPSA) is 55.2 Å². The molecule has 0 radical (unpaired) electrons. The van der Waals surface area contributed by atoms with Crippen LogP contribution >= 0.6 is 15.9 Å². The predicted octanol–water partition coefficient (Wildman–Crippen LogP) is 4.98. The quantitative estimate of drug-likeness (QED) is 0.493. The van der Waals surface area contributed by atoms with E-state index < -0.39 is 0 Å². The van der Waals surface area contributed by atoms with Crippen LogP contribution in [0.1, 0.15) is 22.7 Å². The van der Waals surface area contributed by atoms with E-state index in [0.29, 0.717) is 24.6 Å². The largest absolute Gasteiger partial charge is 0.497 e. The van der Waals surface area contributed by atoms with E-state index in [1.165, 1.54) is 0 Å². The van der Waals surface area contributed by atoms with Crippen molar-refractivity contribution < 1.29 is 18.7 Å². The van der Waals surface area contributed by atoms with Crippen molar-refractivity contribution in [2.24, 2.45) is 0 Å². The van der Waals surface area contributed by atoms with Gasteiger partial charge < -0.3 is 23.7 Å². The standard InChI is InChI=1S/C24H25BrN2O4/c1-29-20-8-6-19(7-9-20)26-12-3-13-27(15-14-26)24(28)23-11-10-22(31-23)17-30-21-5-2-4-18(25)16-21/h2,4-11,16H,3,12-15,17H2,1H3. The minimum absolute atomic E-state index is 0.0784. The zero-order valence-corrected chi connectivity index (χ0v) is 19.0. The summed E-state index contributed by atoms with van der Waals surface area (Å²) >= 11 is 3.42. The Balaban J connectivity index is 1.34. The number of hydrogen-bond donors (Lipinski definition) is 0. The SMILES string of the molecule is COc1ccc(N2CCCN(C(=O)c3ccc(COc4cccc(Br)c4)o3)CC2)cc1. The average molecular weight is 485 g/mol. The lowest BCUT2D eigenvalue weighted by Gasteiger charge is -2.23. The summed E-state index contributed by atoms with van der Waals surface area (Å²) in [4.78, 5) is 17.1. The number of hydrogen-bond acceptors (Lipinski definition) is 5. The summed E-state index contributed by atoms with van der Waals surface area (Å²) in [7, 11) is 1.66. The van der Waals surface area contributed by atoms with Gasteiger partial charge in [0.05, 0.1) is 7.11 Å². The Labute approximate surface area is 190 Å². The van der Waals surface area contributed by atoms with Gasteiger partial charge in [0.2, 0.25) is 0 Å². The van der Waals surface area contributed by atoms with Gasteiger partial charge in [-0.2, -0.15) is 0 Å². The summed E-state index contributed by atoms with van der Waals surface area (Å²) in [5.74, 6) is 2.48. The molecule has 0 N–H and O–H groups in total. The lowest BCUT2D eigenvalue weighted by Crippen LogP contribution is -2.35. The Kier molecular flexibility index (Phi) is 6.82. The average Bonchev–Trinajstić information content (AvgIpc) is 3.13. The molecule has 2 heterocycles. The summed E-state index contributed by atoms with van der Waals surface area (Å²) in [6, 6.07) is 19.2. The van der Waals surface area contributed by atoms with Gasteiger partial charge in [0.15, 0.2) is 5.76 Å². The molecule has 6 nitrogen and oxygen atoms in total. The van der Waals surface area contributed by atoms with E-state index in [2.05, 4.69) is 33.0 Å². The van der Waals surface area contributed by atoms with Gasteiger partial charge >= 0.3 is 0 Å². The van der Waals surface area contributed by atoms with Crippen LogP contribution in [0.3, 0.4) is 0 Å². The van der Waals surface area contributed by atoms with Crippen molar-refractivity contribution in [3.8, 4) is 11.5 Å². The van der Waals surface area contributed by atoms with E-state index in [0.717, 1.165) is 41.2 Å². The number of halogens is 1. The van der Waals surface area contributed by atoms with Crippen LogP contribution in [0.5, 0.6) is 11.5 Å². The molecule has 1 aliphatic heterocycles. The molecule has 1 aliphatic rings. The first-order valence-corrected chi connectivity index (χ1v) is 11.1. The molecule has 7 heteroatoms. The number of carbonyl (C=O) groups is 1. The van der Waals surface area contributed by atoms with Crippen molar-refractivity contribution in [1.29, 1.82) is 0 Å². The molecule has 3 aromatic rings. The normalized spacial score (nSPS) is 14.3. The monoisotopic (exact) mass is 484 g/mol. The number of furan rings is 1. The summed E-state index contributed by atoms with van der Waals surface area (Å²) in [6.07, 6.45) is 0.900. The molecular weight excluding hydrogens is 460 g/mol. The number of carbonyl (C=O) groups excluding carboxylic acids is 1. The lowest BCUT2D eigenvalue weighted by atomic mass is 10.2. The molecule has 1 fully saturated rings. The molecule has 1 amide bonds. The van der Waals surface area contributed by atoms with Crippen molar-refractivity contribution in [2.45, 2.75) is 13.0 Å². The van der Waals surface area contributed by atoms with Crippen LogP contribution in [0.25, 0.3) is 0 Å². The van der Waals surface area contributed by atoms with Gasteiger partial charge in [0.25, 0.3) is 5.91 Å². The lowest BCUT2D eigenvalue weighted by molar-refractivity contribution is 0.0731. The summed E-state index contributed by atoms with van der Waals surface area (Å²) < 4.78 is 17.7. The van der Waals surface area contributed by atoms with Crippen LogP contribution in [-0.2, 0) is 6.61 Å². The molecule has 1 aromatic heterocycles. The fourth-order valence-corrected chi connectivity index (χ4v) is 3.99. The van der Waals surface area contributed by atoms with Crippen LogP contribution < -0.4 is 14.4 Å². The molecule has 0 atom stereocenters. The first-order valence-electron chi connectivity index (χ1n) is 10.3. The van der Waals surface area contributed by atoms with Gasteiger partial charge in [0, 0.05) is 36.3 Å². The Morgan fingerprint density at radius 1 is 1.00 bits per heavy atom. The van der Waals surface area contributed by atoms with Gasteiger partial charge in [-0.3, -0.25) is 4.79 Å². The van der Waals surface area contributed by atoms with E-state index in [9.17, 15) is 4.79 Å². The van der Waals surface area contributed by atoms with E-state index >= 15 is 0 Å². The number of benzene rings is 2. The highest BCUT2D eigenvalue weighted by atomic mass is 79.9. The first kappa shape index (κ1) is 21.3. The number of methoxy groups -OCH3 is 1.